The summed E-state index contributed by atoms with van der Waals surface area (Å²) in [5.74, 6) is 0. The van der Waals surface area contributed by atoms with Gasteiger partial charge < -0.3 is 88.2 Å². The number of hydrogen-bond donors (Lipinski definition) is 9. The average molecular weight is 1530 g/mol. The number of anilines is 2. The second kappa shape index (κ2) is 48.8. The van der Waals surface area contributed by atoms with Gasteiger partial charge in [-0.3, -0.25) is 0 Å². The second-order valence-corrected chi connectivity index (χ2v) is 41.8. The summed E-state index contributed by atoms with van der Waals surface area (Å²) in [5, 5.41) is 45.0. The minimum atomic E-state index is -3.44. The standard InChI is InChI=1S/C40H80N4O9S2Si5.C14H32N2O3.CH4.W.Y/c1-31(41)27-49-28-32(2)43-25-34(45)29-47-20-16-22-56-50-60(36-18-14-13-15-19-36,53-59(11,12)51-57(6,7)8)52-58(9,10)23-17-21-48-30-35(46)26-44-40-33(3)39(42)37(54-4)24-38(40)55-5;1-5-6-7-18-11-14(17)8-16-13(3)10-19-9-12(2)15-4;;;/h13-15,18-19,24,31-32,34-35,43-46H,16-17,20-23,25-30,41-42,56H2,1-12H3;12-17H,5-11H2,1-4H3;1H4;;. The largest absolute Gasteiger partial charge is 0.506 e. The van der Waals surface area contributed by atoms with Gasteiger partial charge in [-0.25, -0.2) is 0 Å². The van der Waals surface area contributed by atoms with E-state index in [2.05, 4.69) is 106 Å². The van der Waals surface area contributed by atoms with Crippen LogP contribution in [0.5, 0.6) is 0 Å². The van der Waals surface area contributed by atoms with Crippen molar-refractivity contribution in [2.45, 2.75) is 185 Å². The van der Waals surface area contributed by atoms with E-state index in [1.165, 1.54) is 0 Å². The Morgan fingerprint density at radius 2 is 1.16 bits per heavy atom. The zero-order valence-corrected chi connectivity index (χ0v) is 65.4. The van der Waals surface area contributed by atoms with Crippen molar-refractivity contribution in [1.82, 2.24) is 16.0 Å². The fraction of sp³-hybridized carbons (Fsp3) is 0.782. The van der Waals surface area contributed by atoms with Crippen LogP contribution in [-0.2, 0) is 93.9 Å². The third-order valence-corrected chi connectivity index (χ3v) is 30.0. The Labute approximate surface area is 553 Å². The molecule has 18 nitrogen and oxygen atoms in total. The van der Waals surface area contributed by atoms with E-state index in [9.17, 15) is 15.3 Å². The molecule has 2 rings (SSSR count). The van der Waals surface area contributed by atoms with Crippen molar-refractivity contribution < 1.29 is 109 Å². The average Bonchev–Trinajstić information content (AvgIpc) is 3.37. The van der Waals surface area contributed by atoms with Crippen LogP contribution in [-0.4, -0.2) is 207 Å². The van der Waals surface area contributed by atoms with Crippen LogP contribution in [0.25, 0.3) is 0 Å². The fourth-order valence-electron chi connectivity index (χ4n) is 7.88. The molecule has 2 aromatic carbocycles. The normalized spacial score (nSPS) is 15.4. The molecule has 0 heterocycles. The Morgan fingerprint density at radius 1 is 0.659 bits per heavy atom. The number of rotatable bonds is 46. The first-order valence-electron chi connectivity index (χ1n) is 28.6. The Hall–Kier alpha value is 0.977. The first-order chi connectivity index (χ1) is 37.2. The molecule has 0 saturated heterocycles. The van der Waals surface area contributed by atoms with Crippen LogP contribution < -0.4 is 37.9 Å². The minimum absolute atomic E-state index is 0. The minimum Gasteiger partial charge on any atom is -0.437 e. The summed E-state index contributed by atoms with van der Waals surface area (Å²) in [6.45, 7) is 33.8. The summed E-state index contributed by atoms with van der Waals surface area (Å²) >= 11 is 3.29. The van der Waals surface area contributed by atoms with Gasteiger partial charge in [0.15, 0.2) is 26.4 Å². The Morgan fingerprint density at radius 3 is 1.66 bits per heavy atom. The molecule has 0 aliphatic rings. The maximum absolute atomic E-state index is 10.8. The van der Waals surface area contributed by atoms with Crippen molar-refractivity contribution in [1.29, 1.82) is 0 Å². The molecule has 0 bridgehead atoms. The molecular weight excluding hydrogens is 1410 g/mol. The van der Waals surface area contributed by atoms with Crippen molar-refractivity contribution in [3.63, 3.8) is 0 Å². The number of nitrogens with two attached hydrogens (primary N) is 2. The zero-order chi connectivity index (χ0) is 59.5. The summed E-state index contributed by atoms with van der Waals surface area (Å²) in [7, 11) is -9.68. The van der Waals surface area contributed by atoms with Gasteiger partial charge in [0.2, 0.25) is 0 Å². The van der Waals surface area contributed by atoms with Gasteiger partial charge in [-0.15, -0.1) is 23.5 Å². The quantitative estimate of drug-likeness (QED) is 0.0142. The second-order valence-electron chi connectivity index (χ2n) is 22.6. The van der Waals surface area contributed by atoms with Crippen LogP contribution in [0.4, 0.5) is 11.4 Å². The summed E-state index contributed by atoms with van der Waals surface area (Å²) in [4.78, 5) is 2.16. The molecule has 82 heavy (non-hydrogen) atoms. The topological polar surface area (TPSA) is 244 Å². The molecule has 0 amide bonds. The monoisotopic (exact) mass is 1530 g/mol. The molecule has 2 aromatic rings. The number of hydrogen-bond acceptors (Lipinski definition) is 20. The van der Waals surface area contributed by atoms with Gasteiger partial charge in [-0.05, 0) is 143 Å². The number of aliphatic hydroxyl groups is 3. The fourth-order valence-corrected chi connectivity index (χ4v) is 28.9. The molecule has 0 spiro atoms. The molecule has 479 valence electrons. The summed E-state index contributed by atoms with van der Waals surface area (Å²) in [5.41, 5.74) is 14.8. The van der Waals surface area contributed by atoms with Crippen molar-refractivity contribution in [3.05, 3.63) is 42.0 Å². The predicted molar refractivity (Wildman–Crippen MR) is 350 cm³/mol. The van der Waals surface area contributed by atoms with Crippen LogP contribution in [0.15, 0.2) is 46.2 Å². The van der Waals surface area contributed by atoms with Crippen molar-refractivity contribution in [3.8, 4) is 0 Å². The van der Waals surface area contributed by atoms with Crippen molar-refractivity contribution in [2.75, 3.05) is 116 Å². The number of aliphatic hydroxyl groups excluding tert-OH is 3. The number of nitrogen functional groups attached to an aromatic ring is 1. The summed E-state index contributed by atoms with van der Waals surface area (Å²) in [6.07, 6.45) is 6.10. The SMILES string of the molecule is C.CCCCOCC(O)CNC(C)COCC(C)NC.CSc1cc(SC)c(NCC(O)COCCC[Si](C)(C)O[Si](O[SiH2]CCCOCC(O)CNC(C)COCC(C)N)(O[Si](C)(C)O[Si](C)(C)C)c2ccccc2)c(C)c1N.[W].[Y]. The predicted octanol–water partition coefficient (Wildman–Crippen LogP) is 6.86. The Bertz CT molecular complexity index is 1880. The Balaban J connectivity index is -0.00000242. The van der Waals surface area contributed by atoms with E-state index in [1.807, 2.05) is 58.5 Å². The van der Waals surface area contributed by atoms with Gasteiger partial charge in [-0.2, -0.15) is 0 Å². The summed E-state index contributed by atoms with van der Waals surface area (Å²) < 4.78 is 56.6. The van der Waals surface area contributed by atoms with E-state index < -0.39 is 62.1 Å². The summed E-state index contributed by atoms with van der Waals surface area (Å²) in [6, 6.07) is 14.7. The third-order valence-electron chi connectivity index (χ3n) is 12.0. The van der Waals surface area contributed by atoms with E-state index in [-0.39, 0.29) is 92.5 Å². The number of likely N-dealkylation sites (N-methyl/N-ethyl adjacent to an activating group) is 1. The molecule has 0 fully saturated rings. The van der Waals surface area contributed by atoms with Crippen LogP contribution in [0.3, 0.4) is 0 Å². The van der Waals surface area contributed by atoms with Gasteiger partial charge in [0.25, 0.3) is 0 Å². The van der Waals surface area contributed by atoms with Crippen LogP contribution in [0.2, 0.25) is 57.9 Å². The molecule has 1 radical (unpaired) electrons. The Kier molecular flexibility index (Phi) is 51.9. The maximum atomic E-state index is 10.8. The van der Waals surface area contributed by atoms with E-state index in [4.69, 9.17) is 51.6 Å². The first kappa shape index (κ1) is 87.2. The van der Waals surface area contributed by atoms with E-state index in [1.54, 1.807) is 23.5 Å². The van der Waals surface area contributed by atoms with Crippen LogP contribution >= 0.6 is 23.5 Å². The van der Waals surface area contributed by atoms with Gasteiger partial charge in [0.1, 0.15) is 0 Å². The van der Waals surface area contributed by atoms with Crippen LogP contribution in [0, 0.1) is 6.92 Å². The molecule has 8 unspecified atom stereocenters. The molecule has 0 aliphatic heterocycles. The molecule has 0 saturated carbocycles. The molecule has 27 heteroatoms. The number of nitrogens with one attached hydrogen (secondary N) is 4. The first-order valence-corrected chi connectivity index (χ1v) is 43.7. The van der Waals surface area contributed by atoms with Gasteiger partial charge in [0, 0.05) is 132 Å². The van der Waals surface area contributed by atoms with Gasteiger partial charge in [0.05, 0.1) is 75.9 Å². The smallest absolute Gasteiger partial charge is 0.437 e. The number of unbranched alkanes of at least 4 members (excludes halogenated alkanes) is 1. The van der Waals surface area contributed by atoms with E-state index in [0.29, 0.717) is 71.9 Å². The molecule has 11 N–H and O–H groups in total. The van der Waals surface area contributed by atoms with E-state index in [0.717, 1.165) is 76.3 Å². The molecule has 0 aromatic heterocycles. The molecule has 8 atom stereocenters. The number of benzene rings is 2. The maximum Gasteiger partial charge on any atom is 0.506 e. The van der Waals surface area contributed by atoms with Crippen LogP contribution in [0.1, 0.15) is 73.3 Å². The van der Waals surface area contributed by atoms with Crippen molar-refractivity contribution in [2.24, 2.45) is 5.73 Å². The van der Waals surface area contributed by atoms with Crippen molar-refractivity contribution >= 4 is 83.8 Å². The number of ether oxygens (including phenoxy) is 5. The van der Waals surface area contributed by atoms with E-state index >= 15 is 0 Å². The van der Waals surface area contributed by atoms with Gasteiger partial charge >= 0.3 is 17.4 Å². The molecule has 0 aliphatic carbocycles. The molecular formula is C55H116N6O12S2Si5WY. The number of thioether (sulfide) groups is 2. The third kappa shape index (κ3) is 41.3. The van der Waals surface area contributed by atoms with Gasteiger partial charge in [-0.1, -0.05) is 51.1 Å². The zero-order valence-electron chi connectivity index (χ0n) is 52.6.